The van der Waals surface area contributed by atoms with Crippen LogP contribution < -0.4 is 5.32 Å². The molecule has 6 heteroatoms. The first-order valence-electron chi connectivity index (χ1n) is 10.3. The van der Waals surface area contributed by atoms with E-state index in [0.29, 0.717) is 6.54 Å². The summed E-state index contributed by atoms with van der Waals surface area (Å²) in [5.41, 5.74) is 4.37. The first kappa shape index (κ1) is 19.6. The first-order chi connectivity index (χ1) is 14.2. The maximum atomic E-state index is 12.7. The fraction of sp³-hybridized carbons (Fsp3) is 0.391. The second-order valence-electron chi connectivity index (χ2n) is 7.39. The highest BCUT2D eigenvalue weighted by atomic mass is 16.5. The van der Waals surface area contributed by atoms with E-state index in [1.807, 2.05) is 34.9 Å². The van der Waals surface area contributed by atoms with Crippen molar-refractivity contribution in [3.8, 4) is 0 Å². The molecule has 0 spiro atoms. The number of aromatic nitrogens is 2. The van der Waals surface area contributed by atoms with Crippen LogP contribution in [-0.2, 0) is 35.6 Å². The van der Waals surface area contributed by atoms with Crippen molar-refractivity contribution >= 4 is 16.9 Å². The third-order valence-electron chi connectivity index (χ3n) is 5.44. The number of hydrogen-bond donors (Lipinski definition) is 1. The number of nitrogens with zero attached hydrogens (tertiary/aromatic N) is 3. The van der Waals surface area contributed by atoms with Crippen LogP contribution in [0.25, 0.3) is 11.0 Å². The van der Waals surface area contributed by atoms with E-state index in [4.69, 9.17) is 4.74 Å². The van der Waals surface area contributed by atoms with Crippen LogP contribution >= 0.6 is 0 Å². The van der Waals surface area contributed by atoms with Gasteiger partial charge in [-0.15, -0.1) is 0 Å². The van der Waals surface area contributed by atoms with Crippen molar-refractivity contribution < 1.29 is 9.53 Å². The minimum atomic E-state index is 0.00373. The number of ether oxygens (including phenoxy) is 1. The highest BCUT2D eigenvalue weighted by Crippen LogP contribution is 2.17. The molecule has 0 aliphatic carbocycles. The zero-order chi connectivity index (χ0) is 20.1. The summed E-state index contributed by atoms with van der Waals surface area (Å²) in [5, 5.41) is 3.10. The highest BCUT2D eigenvalue weighted by molar-refractivity contribution is 5.81. The average molecular weight is 393 g/mol. The molecular weight excluding hydrogens is 364 g/mol. The van der Waals surface area contributed by atoms with Gasteiger partial charge in [-0.25, -0.2) is 4.98 Å². The number of carbonyl (C=O) groups is 1. The van der Waals surface area contributed by atoms with Gasteiger partial charge >= 0.3 is 0 Å². The van der Waals surface area contributed by atoms with Gasteiger partial charge in [0, 0.05) is 32.6 Å². The van der Waals surface area contributed by atoms with E-state index in [1.54, 1.807) is 0 Å². The number of benzene rings is 2. The lowest BCUT2D eigenvalue weighted by Crippen LogP contribution is -2.36. The SMILES string of the molecule is CCc1nc2ccccc2n1CC(=O)NCc1ccccc1CN1CCOCC1. The summed E-state index contributed by atoms with van der Waals surface area (Å²) in [6.07, 6.45) is 0.796. The molecule has 1 aromatic heterocycles. The predicted octanol–water partition coefficient (Wildman–Crippen LogP) is 2.75. The van der Waals surface area contributed by atoms with Crippen molar-refractivity contribution in [2.45, 2.75) is 33.0 Å². The van der Waals surface area contributed by atoms with Crippen LogP contribution in [0.1, 0.15) is 23.9 Å². The van der Waals surface area contributed by atoms with Gasteiger partial charge in [0.1, 0.15) is 12.4 Å². The van der Waals surface area contributed by atoms with E-state index >= 15 is 0 Å². The van der Waals surface area contributed by atoms with E-state index in [1.165, 1.54) is 11.1 Å². The summed E-state index contributed by atoms with van der Waals surface area (Å²) in [4.78, 5) is 19.8. The van der Waals surface area contributed by atoms with Gasteiger partial charge in [0.05, 0.1) is 24.2 Å². The Labute approximate surface area is 171 Å². The van der Waals surface area contributed by atoms with Crippen molar-refractivity contribution in [2.75, 3.05) is 26.3 Å². The largest absolute Gasteiger partial charge is 0.379 e. The van der Waals surface area contributed by atoms with Gasteiger partial charge < -0.3 is 14.6 Å². The van der Waals surface area contributed by atoms with Crippen LogP contribution in [0.15, 0.2) is 48.5 Å². The first-order valence-corrected chi connectivity index (χ1v) is 10.3. The molecule has 0 atom stereocenters. The van der Waals surface area contributed by atoms with Crippen molar-refractivity contribution in [3.63, 3.8) is 0 Å². The quantitative estimate of drug-likeness (QED) is 0.672. The maximum Gasteiger partial charge on any atom is 0.240 e. The molecule has 0 radical (unpaired) electrons. The lowest BCUT2D eigenvalue weighted by atomic mass is 10.1. The molecule has 152 valence electrons. The molecule has 29 heavy (non-hydrogen) atoms. The molecule has 4 rings (SSSR count). The number of nitrogens with one attached hydrogen (secondary N) is 1. The summed E-state index contributed by atoms with van der Waals surface area (Å²) in [7, 11) is 0. The lowest BCUT2D eigenvalue weighted by molar-refractivity contribution is -0.121. The monoisotopic (exact) mass is 392 g/mol. The number of para-hydroxylation sites is 2. The molecule has 0 bridgehead atoms. The van der Waals surface area contributed by atoms with Gasteiger partial charge in [0.15, 0.2) is 0 Å². The van der Waals surface area contributed by atoms with Crippen molar-refractivity contribution in [2.24, 2.45) is 0 Å². The topological polar surface area (TPSA) is 59.4 Å². The van der Waals surface area contributed by atoms with E-state index < -0.39 is 0 Å². The summed E-state index contributed by atoms with van der Waals surface area (Å²) >= 11 is 0. The molecule has 0 unspecified atom stereocenters. The smallest absolute Gasteiger partial charge is 0.240 e. The normalized spacial score (nSPS) is 14.9. The van der Waals surface area contributed by atoms with Crippen LogP contribution in [0.3, 0.4) is 0 Å². The Balaban J connectivity index is 1.42. The number of morpholine rings is 1. The number of carbonyl (C=O) groups excluding carboxylic acids is 1. The molecule has 2 aromatic carbocycles. The Morgan fingerprint density at radius 1 is 1.07 bits per heavy atom. The number of imidazole rings is 1. The van der Waals surface area contributed by atoms with Crippen LogP contribution in [0, 0.1) is 0 Å². The second kappa shape index (κ2) is 9.20. The molecule has 0 saturated carbocycles. The Morgan fingerprint density at radius 3 is 2.59 bits per heavy atom. The minimum absolute atomic E-state index is 0.00373. The van der Waals surface area contributed by atoms with Gasteiger partial charge in [-0.1, -0.05) is 43.3 Å². The van der Waals surface area contributed by atoms with Gasteiger partial charge in [-0.05, 0) is 23.3 Å². The summed E-state index contributed by atoms with van der Waals surface area (Å²) < 4.78 is 7.46. The molecule has 1 saturated heterocycles. The van der Waals surface area contributed by atoms with Crippen molar-refractivity contribution in [3.05, 3.63) is 65.5 Å². The van der Waals surface area contributed by atoms with E-state index in [9.17, 15) is 4.79 Å². The zero-order valence-electron chi connectivity index (χ0n) is 16.9. The molecule has 3 aromatic rings. The minimum Gasteiger partial charge on any atom is -0.379 e. The van der Waals surface area contributed by atoms with Crippen LogP contribution in [0.2, 0.25) is 0 Å². The number of fused-ring (bicyclic) bond motifs is 1. The van der Waals surface area contributed by atoms with Gasteiger partial charge in [-0.2, -0.15) is 0 Å². The molecule has 1 aliphatic rings. The van der Waals surface area contributed by atoms with Gasteiger partial charge in [0.2, 0.25) is 5.91 Å². The second-order valence-corrected chi connectivity index (χ2v) is 7.39. The van der Waals surface area contributed by atoms with E-state index in [0.717, 1.165) is 56.1 Å². The Bertz CT molecular complexity index is 976. The standard InChI is InChI=1S/C23H28N4O2/c1-2-22-25-20-9-5-6-10-21(20)27(22)17-23(28)24-15-18-7-3-4-8-19(18)16-26-11-13-29-14-12-26/h3-10H,2,11-17H2,1H3,(H,24,28). The number of aryl methyl sites for hydroxylation is 1. The van der Waals surface area contributed by atoms with Crippen molar-refractivity contribution in [1.29, 1.82) is 0 Å². The molecule has 2 heterocycles. The predicted molar refractivity (Wildman–Crippen MR) is 113 cm³/mol. The van der Waals surface area contributed by atoms with E-state index in [2.05, 4.69) is 40.3 Å². The van der Waals surface area contributed by atoms with Gasteiger partial charge in [-0.3, -0.25) is 9.69 Å². The number of amides is 1. The summed E-state index contributed by atoms with van der Waals surface area (Å²) in [6, 6.07) is 16.3. The molecular formula is C23H28N4O2. The number of rotatable bonds is 7. The number of hydrogen-bond acceptors (Lipinski definition) is 4. The summed E-state index contributed by atoms with van der Waals surface area (Å²) in [5.74, 6) is 0.943. The Hall–Kier alpha value is -2.70. The Kier molecular flexibility index (Phi) is 6.22. The highest BCUT2D eigenvalue weighted by Gasteiger charge is 2.15. The third kappa shape index (κ3) is 4.66. The van der Waals surface area contributed by atoms with Crippen molar-refractivity contribution in [1.82, 2.24) is 19.8 Å². The fourth-order valence-electron chi connectivity index (χ4n) is 3.85. The van der Waals surface area contributed by atoms with Gasteiger partial charge in [0.25, 0.3) is 0 Å². The molecule has 6 nitrogen and oxygen atoms in total. The van der Waals surface area contributed by atoms with Crippen LogP contribution in [0.5, 0.6) is 0 Å². The molecule has 1 amide bonds. The lowest BCUT2D eigenvalue weighted by Gasteiger charge is -2.27. The zero-order valence-corrected chi connectivity index (χ0v) is 16.9. The molecule has 1 fully saturated rings. The fourth-order valence-corrected chi connectivity index (χ4v) is 3.85. The average Bonchev–Trinajstić information content (AvgIpc) is 3.11. The molecule has 1 aliphatic heterocycles. The Morgan fingerprint density at radius 2 is 1.79 bits per heavy atom. The summed E-state index contributed by atoms with van der Waals surface area (Å²) in [6.45, 7) is 7.26. The van der Waals surface area contributed by atoms with Crippen LogP contribution in [-0.4, -0.2) is 46.7 Å². The van der Waals surface area contributed by atoms with E-state index in [-0.39, 0.29) is 12.5 Å². The maximum absolute atomic E-state index is 12.7. The third-order valence-corrected chi connectivity index (χ3v) is 5.44. The molecule has 1 N–H and O–H groups in total. The van der Waals surface area contributed by atoms with Crippen LogP contribution in [0.4, 0.5) is 0 Å².